The summed E-state index contributed by atoms with van der Waals surface area (Å²) >= 11 is 0. The smallest absolute Gasteiger partial charge is 0.305 e. The first kappa shape index (κ1) is 57.9. The van der Waals surface area contributed by atoms with Crippen LogP contribution in [0.3, 0.4) is 0 Å². The van der Waals surface area contributed by atoms with Gasteiger partial charge in [0.1, 0.15) is 0 Å². The van der Waals surface area contributed by atoms with E-state index in [4.69, 9.17) is 4.74 Å². The number of ether oxygens (including phenoxy) is 1. The largest absolute Gasteiger partial charge is 0.466 e. The van der Waals surface area contributed by atoms with Crippen molar-refractivity contribution < 1.29 is 24.5 Å². The van der Waals surface area contributed by atoms with Crippen LogP contribution in [0.15, 0.2) is 0 Å². The van der Waals surface area contributed by atoms with Crippen LogP contribution in [0.4, 0.5) is 0 Å². The molecule has 0 saturated carbocycles. The van der Waals surface area contributed by atoms with Crippen molar-refractivity contribution in [2.45, 2.75) is 315 Å². The first-order valence-corrected chi connectivity index (χ1v) is 26.8. The number of hydrogen-bond acceptors (Lipinski definition) is 5. The third-order valence-corrected chi connectivity index (χ3v) is 12.7. The number of aliphatic hydroxyl groups is 2. The Morgan fingerprint density at radius 3 is 1.03 bits per heavy atom. The van der Waals surface area contributed by atoms with Crippen molar-refractivity contribution in [3.63, 3.8) is 0 Å². The molecule has 6 heteroatoms. The van der Waals surface area contributed by atoms with Crippen LogP contribution in [0, 0.1) is 0 Å². The van der Waals surface area contributed by atoms with E-state index in [1.165, 1.54) is 231 Å². The molecule has 0 saturated heterocycles. The van der Waals surface area contributed by atoms with Gasteiger partial charge in [-0.25, -0.2) is 0 Å². The Morgan fingerprint density at radius 1 is 0.407 bits per heavy atom. The van der Waals surface area contributed by atoms with E-state index in [9.17, 15) is 19.8 Å². The van der Waals surface area contributed by atoms with E-state index >= 15 is 0 Å². The summed E-state index contributed by atoms with van der Waals surface area (Å²) in [5.41, 5.74) is 0. The van der Waals surface area contributed by atoms with Crippen LogP contribution >= 0.6 is 0 Å². The van der Waals surface area contributed by atoms with Crippen molar-refractivity contribution in [3.05, 3.63) is 0 Å². The van der Waals surface area contributed by atoms with Crippen molar-refractivity contribution in [1.29, 1.82) is 0 Å². The standard InChI is InChI=1S/C53H105NO5/c1-3-5-7-9-11-13-14-23-27-31-35-39-43-47-53(58)59-48-44-40-36-32-28-25-22-20-18-16-15-17-19-21-24-26-30-34-38-42-46-52(57)54-50(49-55)51(56)45-41-37-33-29-12-10-8-6-4-2/h50-51,55-56H,3-49H2,1-2H3,(H,54,57). The minimum absolute atomic E-state index is 0.0124. The average molecular weight is 836 g/mol. The van der Waals surface area contributed by atoms with Gasteiger partial charge in [0.15, 0.2) is 0 Å². The molecule has 1 amide bonds. The minimum atomic E-state index is -0.661. The summed E-state index contributed by atoms with van der Waals surface area (Å²) in [6.45, 7) is 4.94. The Bertz CT molecular complexity index is 837. The Kier molecular flexibility index (Phi) is 48.6. The fourth-order valence-corrected chi connectivity index (χ4v) is 8.52. The molecule has 6 nitrogen and oxygen atoms in total. The molecular weight excluding hydrogens is 731 g/mol. The first-order valence-electron chi connectivity index (χ1n) is 26.8. The topological polar surface area (TPSA) is 95.9 Å². The molecule has 0 aromatic heterocycles. The number of rotatable bonds is 50. The number of aliphatic hydroxyl groups excluding tert-OH is 2. The monoisotopic (exact) mass is 836 g/mol. The van der Waals surface area contributed by atoms with Crippen LogP contribution in [0.1, 0.15) is 303 Å². The van der Waals surface area contributed by atoms with Gasteiger partial charge in [0.25, 0.3) is 0 Å². The zero-order valence-electron chi connectivity index (χ0n) is 40.0. The summed E-state index contributed by atoms with van der Waals surface area (Å²) in [7, 11) is 0. The van der Waals surface area contributed by atoms with E-state index in [2.05, 4.69) is 19.2 Å². The maximum absolute atomic E-state index is 12.4. The molecule has 0 aromatic carbocycles. The fraction of sp³-hybridized carbons (Fsp3) is 0.962. The lowest BCUT2D eigenvalue weighted by Gasteiger charge is -2.22. The van der Waals surface area contributed by atoms with Crippen LogP contribution in [0.2, 0.25) is 0 Å². The van der Waals surface area contributed by atoms with E-state index in [-0.39, 0.29) is 18.5 Å². The van der Waals surface area contributed by atoms with E-state index in [1.807, 2.05) is 0 Å². The van der Waals surface area contributed by atoms with E-state index in [1.54, 1.807) is 0 Å². The quantitative estimate of drug-likeness (QED) is 0.0419. The number of carbonyl (C=O) groups is 2. The highest BCUT2D eigenvalue weighted by Crippen LogP contribution is 2.17. The number of amides is 1. The number of esters is 1. The maximum Gasteiger partial charge on any atom is 0.305 e. The molecule has 0 aromatic rings. The van der Waals surface area contributed by atoms with Gasteiger partial charge in [0.2, 0.25) is 5.91 Å². The zero-order chi connectivity index (χ0) is 43.0. The van der Waals surface area contributed by atoms with Crippen LogP contribution in [-0.2, 0) is 14.3 Å². The highest BCUT2D eigenvalue weighted by atomic mass is 16.5. The Balaban J connectivity index is 3.34. The first-order chi connectivity index (χ1) is 29.0. The van der Waals surface area contributed by atoms with Crippen LogP contribution in [0.5, 0.6) is 0 Å². The number of hydrogen-bond donors (Lipinski definition) is 3. The Labute approximate surface area is 368 Å². The predicted molar refractivity (Wildman–Crippen MR) is 255 cm³/mol. The molecule has 0 heterocycles. The molecule has 352 valence electrons. The molecule has 0 fully saturated rings. The summed E-state index contributed by atoms with van der Waals surface area (Å²) in [4.78, 5) is 24.4. The summed E-state index contributed by atoms with van der Waals surface area (Å²) in [5, 5.41) is 23.1. The predicted octanol–water partition coefficient (Wildman–Crippen LogP) is 16.0. The molecule has 0 aliphatic rings. The summed E-state index contributed by atoms with van der Waals surface area (Å²) < 4.78 is 5.47. The van der Waals surface area contributed by atoms with Gasteiger partial charge in [-0.1, -0.05) is 264 Å². The second-order valence-corrected chi connectivity index (χ2v) is 18.6. The van der Waals surface area contributed by atoms with E-state index in [0.29, 0.717) is 25.9 Å². The van der Waals surface area contributed by atoms with E-state index < -0.39 is 12.1 Å². The van der Waals surface area contributed by atoms with Gasteiger partial charge in [-0.3, -0.25) is 9.59 Å². The van der Waals surface area contributed by atoms with Crippen LogP contribution < -0.4 is 5.32 Å². The number of unbranched alkanes of at least 4 members (excludes halogenated alkanes) is 39. The third kappa shape index (κ3) is 46.2. The van der Waals surface area contributed by atoms with Gasteiger partial charge in [0.05, 0.1) is 25.4 Å². The van der Waals surface area contributed by atoms with Gasteiger partial charge in [-0.05, 0) is 25.7 Å². The zero-order valence-corrected chi connectivity index (χ0v) is 40.0. The minimum Gasteiger partial charge on any atom is -0.466 e. The second kappa shape index (κ2) is 49.5. The fourth-order valence-electron chi connectivity index (χ4n) is 8.52. The molecule has 0 rings (SSSR count). The van der Waals surface area contributed by atoms with Crippen molar-refractivity contribution in [3.8, 4) is 0 Å². The lowest BCUT2D eigenvalue weighted by Crippen LogP contribution is -2.45. The van der Waals surface area contributed by atoms with Gasteiger partial charge in [-0.2, -0.15) is 0 Å². The molecular formula is C53H105NO5. The van der Waals surface area contributed by atoms with Gasteiger partial charge in [0, 0.05) is 12.8 Å². The van der Waals surface area contributed by atoms with Gasteiger partial charge >= 0.3 is 5.97 Å². The molecule has 0 radical (unpaired) electrons. The normalized spacial score (nSPS) is 12.5. The summed E-state index contributed by atoms with van der Waals surface area (Å²) in [6.07, 6.45) is 55.2. The van der Waals surface area contributed by atoms with E-state index in [0.717, 1.165) is 38.5 Å². The Morgan fingerprint density at radius 2 is 0.695 bits per heavy atom. The van der Waals surface area contributed by atoms with Crippen molar-refractivity contribution in [2.24, 2.45) is 0 Å². The van der Waals surface area contributed by atoms with Crippen LogP contribution in [-0.4, -0.2) is 47.4 Å². The highest BCUT2D eigenvalue weighted by Gasteiger charge is 2.20. The average Bonchev–Trinajstić information content (AvgIpc) is 3.24. The van der Waals surface area contributed by atoms with Crippen molar-refractivity contribution >= 4 is 11.9 Å². The number of carbonyl (C=O) groups excluding carboxylic acids is 2. The summed E-state index contributed by atoms with van der Waals surface area (Å²) in [5.74, 6) is -0.0256. The van der Waals surface area contributed by atoms with Gasteiger partial charge < -0.3 is 20.3 Å². The SMILES string of the molecule is CCCCCCCCCCCCCCCC(=O)OCCCCCCCCCCCCCCCCCCCCCCC(=O)NC(CO)C(O)CCCCCCCCCCC. The number of nitrogens with one attached hydrogen (secondary N) is 1. The summed E-state index contributed by atoms with van der Waals surface area (Å²) in [6, 6.07) is -0.539. The van der Waals surface area contributed by atoms with Gasteiger partial charge in [-0.15, -0.1) is 0 Å². The lowest BCUT2D eigenvalue weighted by atomic mass is 10.0. The lowest BCUT2D eigenvalue weighted by molar-refractivity contribution is -0.143. The molecule has 0 spiro atoms. The molecule has 0 aliphatic carbocycles. The van der Waals surface area contributed by atoms with Crippen molar-refractivity contribution in [1.82, 2.24) is 5.32 Å². The molecule has 2 unspecified atom stereocenters. The highest BCUT2D eigenvalue weighted by molar-refractivity contribution is 5.76. The molecule has 2 atom stereocenters. The third-order valence-electron chi connectivity index (χ3n) is 12.7. The Hall–Kier alpha value is -1.14. The molecule has 3 N–H and O–H groups in total. The molecule has 0 bridgehead atoms. The van der Waals surface area contributed by atoms with Crippen LogP contribution in [0.25, 0.3) is 0 Å². The second-order valence-electron chi connectivity index (χ2n) is 18.6. The maximum atomic E-state index is 12.4. The molecule has 59 heavy (non-hydrogen) atoms. The van der Waals surface area contributed by atoms with Crippen molar-refractivity contribution in [2.75, 3.05) is 13.2 Å². The molecule has 0 aliphatic heterocycles.